The van der Waals surface area contributed by atoms with E-state index in [9.17, 15) is 19.2 Å². The van der Waals surface area contributed by atoms with Gasteiger partial charge in [-0.3, -0.25) is 24.1 Å². The van der Waals surface area contributed by atoms with Crippen molar-refractivity contribution in [3.8, 4) is 0 Å². The molecule has 7 heteroatoms. The van der Waals surface area contributed by atoms with Crippen molar-refractivity contribution in [1.82, 2.24) is 15.5 Å². The maximum Gasteiger partial charge on any atom is 0.262 e. The van der Waals surface area contributed by atoms with Gasteiger partial charge in [0.2, 0.25) is 5.91 Å². The van der Waals surface area contributed by atoms with Gasteiger partial charge in [-0.05, 0) is 44.9 Å². The molecule has 1 heterocycles. The highest BCUT2D eigenvalue weighted by atomic mass is 16.2. The second kappa shape index (κ2) is 7.90. The van der Waals surface area contributed by atoms with Crippen LogP contribution in [0.5, 0.6) is 0 Å². The number of hydrogen-bond acceptors (Lipinski definition) is 4. The molecule has 2 N–H and O–H groups in total. The third-order valence-corrected chi connectivity index (χ3v) is 4.15. The van der Waals surface area contributed by atoms with Crippen LogP contribution >= 0.6 is 0 Å². The van der Waals surface area contributed by atoms with Crippen molar-refractivity contribution in [3.05, 3.63) is 34.9 Å². The zero-order valence-electron chi connectivity index (χ0n) is 16.5. The first-order valence-corrected chi connectivity index (χ1v) is 9.10. The first-order chi connectivity index (χ1) is 12.5. The number of rotatable bonds is 6. The number of amides is 4. The predicted octanol–water partition coefficient (Wildman–Crippen LogP) is 1.97. The van der Waals surface area contributed by atoms with E-state index in [1.165, 1.54) is 23.1 Å². The van der Waals surface area contributed by atoms with Crippen LogP contribution in [0.15, 0.2) is 18.2 Å². The van der Waals surface area contributed by atoms with Gasteiger partial charge in [0.15, 0.2) is 0 Å². The minimum absolute atomic E-state index is 0.0526. The number of carbonyl (C=O) groups is 4. The van der Waals surface area contributed by atoms with Crippen LogP contribution in [0.2, 0.25) is 0 Å². The van der Waals surface area contributed by atoms with E-state index in [-0.39, 0.29) is 35.7 Å². The quantitative estimate of drug-likeness (QED) is 0.589. The van der Waals surface area contributed by atoms with Crippen LogP contribution in [0.4, 0.5) is 0 Å². The lowest BCUT2D eigenvalue weighted by atomic mass is 10.1. The van der Waals surface area contributed by atoms with Crippen LogP contribution in [0, 0.1) is 5.92 Å². The third-order valence-electron chi connectivity index (χ3n) is 4.15. The minimum Gasteiger partial charge on any atom is -0.354 e. The summed E-state index contributed by atoms with van der Waals surface area (Å²) in [6.07, 6.45) is 0.444. The van der Waals surface area contributed by atoms with Gasteiger partial charge in [-0.25, -0.2) is 0 Å². The highest BCUT2D eigenvalue weighted by Crippen LogP contribution is 2.29. The molecule has 27 heavy (non-hydrogen) atoms. The zero-order valence-corrected chi connectivity index (χ0v) is 16.5. The number of fused-ring (bicyclic) bond motifs is 1. The van der Waals surface area contributed by atoms with Gasteiger partial charge in [0.05, 0.1) is 11.1 Å². The van der Waals surface area contributed by atoms with Gasteiger partial charge < -0.3 is 10.6 Å². The normalized spacial score (nSPS) is 13.8. The Kier molecular flexibility index (Phi) is 6.03. The summed E-state index contributed by atoms with van der Waals surface area (Å²) >= 11 is 0. The summed E-state index contributed by atoms with van der Waals surface area (Å²) in [7, 11) is 0. The lowest BCUT2D eigenvalue weighted by molar-refractivity contribution is -0.121. The highest BCUT2D eigenvalue weighted by Gasteiger charge is 2.42. The van der Waals surface area contributed by atoms with Crippen LogP contribution < -0.4 is 10.6 Å². The van der Waals surface area contributed by atoms with Crippen molar-refractivity contribution in [3.63, 3.8) is 0 Å². The average Bonchev–Trinajstić information content (AvgIpc) is 2.81. The monoisotopic (exact) mass is 373 g/mol. The SMILES string of the molecule is CC(C)CC(=O)NCCNC(=O)c1ccc2c(c1)C(=O)N(C(C)(C)C)C2=O. The Morgan fingerprint density at radius 3 is 2.19 bits per heavy atom. The number of carbonyl (C=O) groups excluding carboxylic acids is 4. The van der Waals surface area contributed by atoms with E-state index in [1.54, 1.807) is 20.8 Å². The zero-order chi connectivity index (χ0) is 20.4. The van der Waals surface area contributed by atoms with Crippen LogP contribution in [0.25, 0.3) is 0 Å². The molecule has 0 saturated carbocycles. The Morgan fingerprint density at radius 2 is 1.59 bits per heavy atom. The molecule has 4 amide bonds. The first-order valence-electron chi connectivity index (χ1n) is 9.10. The number of hydrogen-bond donors (Lipinski definition) is 2. The van der Waals surface area contributed by atoms with Gasteiger partial charge in [0.1, 0.15) is 0 Å². The van der Waals surface area contributed by atoms with Gasteiger partial charge in [0, 0.05) is 30.6 Å². The summed E-state index contributed by atoms with van der Waals surface area (Å²) in [6, 6.07) is 4.50. The van der Waals surface area contributed by atoms with Crippen molar-refractivity contribution in [2.45, 2.75) is 46.6 Å². The standard InChI is InChI=1S/C20H27N3O4/c1-12(2)10-16(24)21-8-9-22-17(25)13-6-7-14-15(11-13)19(27)23(18(14)26)20(3,4)5/h6-7,11-12H,8-10H2,1-5H3,(H,21,24)(H,22,25). The molecule has 0 unspecified atom stereocenters. The van der Waals surface area contributed by atoms with E-state index in [0.29, 0.717) is 24.1 Å². The van der Waals surface area contributed by atoms with Gasteiger partial charge in [-0.1, -0.05) is 13.8 Å². The fraction of sp³-hybridized carbons (Fsp3) is 0.500. The van der Waals surface area contributed by atoms with E-state index in [0.717, 1.165) is 0 Å². The van der Waals surface area contributed by atoms with E-state index < -0.39 is 11.4 Å². The molecular formula is C20H27N3O4. The Balaban J connectivity index is 1.99. The second-order valence-corrected chi connectivity index (χ2v) is 8.08. The first kappa shape index (κ1) is 20.6. The van der Waals surface area contributed by atoms with Crippen molar-refractivity contribution in [1.29, 1.82) is 0 Å². The fourth-order valence-electron chi connectivity index (χ4n) is 2.91. The molecule has 0 saturated heterocycles. The van der Waals surface area contributed by atoms with Crippen LogP contribution in [0.3, 0.4) is 0 Å². The average molecular weight is 373 g/mol. The highest BCUT2D eigenvalue weighted by molar-refractivity contribution is 6.22. The molecule has 0 bridgehead atoms. The molecule has 1 aliphatic heterocycles. The number of benzene rings is 1. The van der Waals surface area contributed by atoms with Gasteiger partial charge in [0.25, 0.3) is 17.7 Å². The molecule has 0 radical (unpaired) electrons. The largest absolute Gasteiger partial charge is 0.354 e. The fourth-order valence-corrected chi connectivity index (χ4v) is 2.91. The van der Waals surface area contributed by atoms with Crippen LogP contribution in [-0.4, -0.2) is 47.2 Å². The van der Waals surface area contributed by atoms with Gasteiger partial charge in [-0.15, -0.1) is 0 Å². The molecule has 2 rings (SSSR count). The van der Waals surface area contributed by atoms with E-state index in [1.807, 2.05) is 13.8 Å². The maximum atomic E-state index is 12.6. The maximum absolute atomic E-state index is 12.6. The molecule has 1 aliphatic rings. The molecule has 0 aliphatic carbocycles. The van der Waals surface area contributed by atoms with Gasteiger partial charge >= 0.3 is 0 Å². The van der Waals surface area contributed by atoms with Crippen LogP contribution in [-0.2, 0) is 4.79 Å². The molecule has 146 valence electrons. The number of imide groups is 1. The van der Waals surface area contributed by atoms with Crippen molar-refractivity contribution in [2.75, 3.05) is 13.1 Å². The summed E-state index contributed by atoms with van der Waals surface area (Å²) in [5.74, 6) is -0.868. The second-order valence-electron chi connectivity index (χ2n) is 8.08. The molecule has 0 fully saturated rings. The van der Waals surface area contributed by atoms with Crippen molar-refractivity contribution < 1.29 is 19.2 Å². The Labute approximate surface area is 159 Å². The lowest BCUT2D eigenvalue weighted by Gasteiger charge is -2.29. The smallest absolute Gasteiger partial charge is 0.262 e. The van der Waals surface area contributed by atoms with E-state index in [4.69, 9.17) is 0 Å². The van der Waals surface area contributed by atoms with Crippen molar-refractivity contribution >= 4 is 23.6 Å². The summed E-state index contributed by atoms with van der Waals surface area (Å²) in [5, 5.41) is 5.44. The molecule has 1 aromatic carbocycles. The number of nitrogens with zero attached hydrogens (tertiary/aromatic N) is 1. The topological polar surface area (TPSA) is 95.6 Å². The summed E-state index contributed by atoms with van der Waals surface area (Å²) < 4.78 is 0. The molecular weight excluding hydrogens is 346 g/mol. The molecule has 7 nitrogen and oxygen atoms in total. The molecule has 1 aromatic rings. The summed E-state index contributed by atoms with van der Waals surface area (Å²) in [4.78, 5) is 50.1. The third kappa shape index (κ3) is 4.72. The Morgan fingerprint density at radius 1 is 1.00 bits per heavy atom. The minimum atomic E-state index is -0.635. The lowest BCUT2D eigenvalue weighted by Crippen LogP contribution is -2.45. The van der Waals surface area contributed by atoms with Crippen molar-refractivity contribution in [2.24, 2.45) is 5.92 Å². The number of nitrogens with one attached hydrogen (secondary N) is 2. The van der Waals surface area contributed by atoms with E-state index in [2.05, 4.69) is 10.6 Å². The molecule has 0 atom stereocenters. The Bertz CT molecular complexity index is 778. The Hall–Kier alpha value is -2.70. The predicted molar refractivity (Wildman–Crippen MR) is 101 cm³/mol. The summed E-state index contributed by atoms with van der Waals surface area (Å²) in [6.45, 7) is 9.89. The van der Waals surface area contributed by atoms with Gasteiger partial charge in [-0.2, -0.15) is 0 Å². The van der Waals surface area contributed by atoms with Crippen LogP contribution in [0.1, 0.15) is 72.1 Å². The molecule has 0 aromatic heterocycles. The molecule has 0 spiro atoms. The van der Waals surface area contributed by atoms with E-state index >= 15 is 0 Å². The summed E-state index contributed by atoms with van der Waals surface area (Å²) in [5.41, 5.74) is 0.225.